The molecule has 2 fully saturated rings. The third-order valence-electron chi connectivity index (χ3n) is 5.77. The average molecular weight is 302 g/mol. The zero-order valence-corrected chi connectivity index (χ0v) is 13.3. The Morgan fingerprint density at radius 2 is 2.23 bits per heavy atom. The summed E-state index contributed by atoms with van der Waals surface area (Å²) in [5.74, 6) is 0.406. The van der Waals surface area contributed by atoms with Crippen LogP contribution in [0.2, 0.25) is 0 Å². The van der Waals surface area contributed by atoms with Crippen molar-refractivity contribution in [1.82, 2.24) is 19.1 Å². The van der Waals surface area contributed by atoms with Crippen molar-refractivity contribution in [3.63, 3.8) is 0 Å². The molecule has 4 rings (SSSR count). The number of aliphatic hydroxyl groups is 1. The summed E-state index contributed by atoms with van der Waals surface area (Å²) in [7, 11) is 1.92. The molecule has 0 unspecified atom stereocenters. The van der Waals surface area contributed by atoms with Crippen LogP contribution in [-0.4, -0.2) is 49.8 Å². The molecule has 0 spiro atoms. The van der Waals surface area contributed by atoms with E-state index in [1.807, 2.05) is 28.9 Å². The molecule has 6 heteroatoms. The largest absolute Gasteiger partial charge is 0.396 e. The number of aromatic nitrogens is 3. The van der Waals surface area contributed by atoms with Crippen LogP contribution in [0, 0.1) is 16.7 Å². The molecule has 2 aliphatic rings. The number of aryl methyl sites for hydroxylation is 1. The zero-order chi connectivity index (χ0) is 15.7. The van der Waals surface area contributed by atoms with Gasteiger partial charge in [-0.1, -0.05) is 13.8 Å². The molecule has 1 aliphatic heterocycles. The number of fused-ring (bicyclic) bond motifs is 2. The number of amides is 1. The van der Waals surface area contributed by atoms with Gasteiger partial charge in [-0.25, -0.2) is 4.52 Å². The molecule has 118 valence electrons. The second-order valence-corrected chi connectivity index (χ2v) is 7.66. The first-order valence-electron chi connectivity index (χ1n) is 7.77. The Kier molecular flexibility index (Phi) is 2.59. The van der Waals surface area contributed by atoms with Crippen molar-refractivity contribution in [3.05, 3.63) is 24.2 Å². The molecule has 1 saturated carbocycles. The summed E-state index contributed by atoms with van der Waals surface area (Å²) >= 11 is 0. The van der Waals surface area contributed by atoms with E-state index in [2.05, 4.69) is 18.9 Å². The van der Waals surface area contributed by atoms with Crippen molar-refractivity contribution in [2.75, 3.05) is 19.7 Å². The molecule has 2 aromatic rings. The van der Waals surface area contributed by atoms with Gasteiger partial charge >= 0.3 is 0 Å². The minimum Gasteiger partial charge on any atom is -0.396 e. The zero-order valence-electron chi connectivity index (χ0n) is 13.3. The number of nitrogens with zero attached hydrogens (tertiary/aromatic N) is 4. The molecule has 22 heavy (non-hydrogen) atoms. The number of carbonyl (C=O) groups is 1. The van der Waals surface area contributed by atoms with Crippen molar-refractivity contribution >= 4 is 11.6 Å². The molecule has 0 bridgehead atoms. The molecular weight excluding hydrogens is 280 g/mol. The van der Waals surface area contributed by atoms with Crippen LogP contribution in [0.5, 0.6) is 0 Å². The highest BCUT2D eigenvalue weighted by molar-refractivity contribution is 6.00. The van der Waals surface area contributed by atoms with E-state index in [1.54, 1.807) is 10.7 Å². The summed E-state index contributed by atoms with van der Waals surface area (Å²) in [6.07, 6.45) is 6.37. The predicted octanol–water partition coefficient (Wildman–Crippen LogP) is 1.15. The molecule has 2 atom stereocenters. The Bertz CT molecular complexity index is 759. The van der Waals surface area contributed by atoms with E-state index in [9.17, 15) is 9.90 Å². The maximum atomic E-state index is 12.9. The summed E-state index contributed by atoms with van der Waals surface area (Å²) in [6, 6.07) is 0. The van der Waals surface area contributed by atoms with Crippen LogP contribution in [0.1, 0.15) is 30.6 Å². The van der Waals surface area contributed by atoms with Crippen LogP contribution in [0.3, 0.4) is 0 Å². The van der Waals surface area contributed by atoms with E-state index < -0.39 is 0 Å². The Morgan fingerprint density at radius 3 is 2.86 bits per heavy atom. The molecular formula is C16H22N4O2. The molecule has 2 aromatic heterocycles. The Labute approximate surface area is 129 Å². The van der Waals surface area contributed by atoms with E-state index in [1.165, 1.54) is 0 Å². The number of imidazole rings is 1. The van der Waals surface area contributed by atoms with Crippen LogP contribution < -0.4 is 0 Å². The Morgan fingerprint density at radius 1 is 1.45 bits per heavy atom. The fourth-order valence-electron chi connectivity index (χ4n) is 4.87. The second-order valence-electron chi connectivity index (χ2n) is 7.66. The van der Waals surface area contributed by atoms with Gasteiger partial charge in [0.1, 0.15) is 11.2 Å². The van der Waals surface area contributed by atoms with Crippen molar-refractivity contribution in [1.29, 1.82) is 0 Å². The highest BCUT2D eigenvalue weighted by atomic mass is 16.3. The van der Waals surface area contributed by atoms with Crippen LogP contribution in [0.15, 0.2) is 18.6 Å². The lowest BCUT2D eigenvalue weighted by atomic mass is 9.48. The second kappa shape index (κ2) is 4.13. The Hall–Kier alpha value is -1.82. The molecule has 1 aliphatic carbocycles. The van der Waals surface area contributed by atoms with E-state index in [-0.39, 0.29) is 23.3 Å². The summed E-state index contributed by atoms with van der Waals surface area (Å²) in [5.41, 5.74) is 1.57. The van der Waals surface area contributed by atoms with Gasteiger partial charge in [-0.2, -0.15) is 5.10 Å². The lowest BCUT2D eigenvalue weighted by molar-refractivity contribution is -0.0976. The summed E-state index contributed by atoms with van der Waals surface area (Å²) in [6.45, 7) is 6.01. The van der Waals surface area contributed by atoms with Crippen molar-refractivity contribution < 1.29 is 9.90 Å². The van der Waals surface area contributed by atoms with Gasteiger partial charge in [0.05, 0.1) is 12.8 Å². The SMILES string of the molecule is Cn1ccn2ncc(C(=O)N3C[C@@H]4C(C)(C)C[C@]4(CO)C3)c12. The van der Waals surface area contributed by atoms with Crippen LogP contribution >= 0.6 is 0 Å². The third-order valence-corrected chi connectivity index (χ3v) is 5.77. The van der Waals surface area contributed by atoms with Gasteiger partial charge in [0.2, 0.25) is 0 Å². The van der Waals surface area contributed by atoms with Crippen LogP contribution in [0.25, 0.3) is 5.65 Å². The highest BCUT2D eigenvalue weighted by Crippen LogP contribution is 2.62. The lowest BCUT2D eigenvalue weighted by Crippen LogP contribution is -2.54. The van der Waals surface area contributed by atoms with Gasteiger partial charge < -0.3 is 14.6 Å². The molecule has 1 amide bonds. The molecule has 1 N–H and O–H groups in total. The summed E-state index contributed by atoms with van der Waals surface area (Å²) in [5, 5.41) is 14.1. The number of likely N-dealkylation sites (tertiary alicyclic amines) is 1. The van der Waals surface area contributed by atoms with Gasteiger partial charge in [-0.05, 0) is 17.8 Å². The van der Waals surface area contributed by atoms with E-state index in [0.717, 1.165) is 18.6 Å². The summed E-state index contributed by atoms with van der Waals surface area (Å²) in [4.78, 5) is 14.8. The van der Waals surface area contributed by atoms with E-state index in [0.29, 0.717) is 18.0 Å². The first-order valence-corrected chi connectivity index (χ1v) is 7.77. The minimum absolute atomic E-state index is 0.0230. The van der Waals surface area contributed by atoms with Crippen molar-refractivity contribution in [2.45, 2.75) is 20.3 Å². The molecule has 0 aromatic carbocycles. The first kappa shape index (κ1) is 13.8. The predicted molar refractivity (Wildman–Crippen MR) is 81.5 cm³/mol. The fourth-order valence-corrected chi connectivity index (χ4v) is 4.87. The van der Waals surface area contributed by atoms with Gasteiger partial charge in [0.25, 0.3) is 5.91 Å². The van der Waals surface area contributed by atoms with Crippen LogP contribution in [-0.2, 0) is 7.05 Å². The number of hydrogen-bond donors (Lipinski definition) is 1. The number of rotatable bonds is 2. The van der Waals surface area contributed by atoms with Gasteiger partial charge in [0.15, 0.2) is 0 Å². The van der Waals surface area contributed by atoms with Gasteiger partial charge in [-0.3, -0.25) is 4.79 Å². The maximum absolute atomic E-state index is 12.9. The minimum atomic E-state index is -0.0976. The molecule has 0 radical (unpaired) electrons. The standard InChI is InChI=1S/C16H22N4O2/c1-15(2)8-16(10-21)9-19(7-12(15)16)14(22)11-6-17-20-5-4-18(3)13(11)20/h4-6,12,21H,7-10H2,1-3H3/t12-,16-/m1/s1. The number of aliphatic hydroxyl groups excluding tert-OH is 1. The Balaban J connectivity index is 1.66. The highest BCUT2D eigenvalue weighted by Gasteiger charge is 2.63. The smallest absolute Gasteiger partial charge is 0.259 e. The molecule has 1 saturated heterocycles. The topological polar surface area (TPSA) is 62.8 Å². The summed E-state index contributed by atoms with van der Waals surface area (Å²) < 4.78 is 3.64. The third kappa shape index (κ3) is 1.59. The van der Waals surface area contributed by atoms with E-state index in [4.69, 9.17) is 0 Å². The van der Waals surface area contributed by atoms with E-state index >= 15 is 0 Å². The lowest BCUT2D eigenvalue weighted by Gasteiger charge is -2.55. The van der Waals surface area contributed by atoms with Crippen molar-refractivity contribution in [2.24, 2.45) is 23.8 Å². The quantitative estimate of drug-likeness (QED) is 0.905. The van der Waals surface area contributed by atoms with Crippen LogP contribution in [0.4, 0.5) is 0 Å². The average Bonchev–Trinajstić information content (AvgIpc) is 3.12. The monoisotopic (exact) mass is 302 g/mol. The molecule has 3 heterocycles. The van der Waals surface area contributed by atoms with Gasteiger partial charge in [0, 0.05) is 37.9 Å². The number of hydrogen-bond acceptors (Lipinski definition) is 3. The normalized spacial score (nSPS) is 29.6. The molecule has 6 nitrogen and oxygen atoms in total. The van der Waals surface area contributed by atoms with Gasteiger partial charge in [-0.15, -0.1) is 0 Å². The van der Waals surface area contributed by atoms with Crippen molar-refractivity contribution in [3.8, 4) is 0 Å². The number of carbonyl (C=O) groups excluding carboxylic acids is 1. The first-order chi connectivity index (χ1) is 10.4. The maximum Gasteiger partial charge on any atom is 0.259 e. The fraction of sp³-hybridized carbons (Fsp3) is 0.625.